The Kier molecular flexibility index (Phi) is 5.16. The molecule has 2 heterocycles. The van der Waals surface area contributed by atoms with Gasteiger partial charge in [-0.25, -0.2) is 0 Å². The number of hydrogen-bond donors (Lipinski definition) is 2. The summed E-state index contributed by atoms with van der Waals surface area (Å²) < 4.78 is 8.12. The Morgan fingerprint density at radius 3 is 2.47 bits per heavy atom. The van der Waals surface area contributed by atoms with Gasteiger partial charge in [-0.15, -0.1) is 0 Å². The smallest absolute Gasteiger partial charge is 0.228 e. The van der Waals surface area contributed by atoms with Crippen LogP contribution in [0.1, 0.15) is 42.1 Å². The fourth-order valence-corrected chi connectivity index (χ4v) is 3.99. The second kappa shape index (κ2) is 7.65. The van der Waals surface area contributed by atoms with Crippen molar-refractivity contribution in [1.29, 1.82) is 0 Å². The molecule has 2 aromatic carbocycles. The fourth-order valence-electron chi connectivity index (χ4n) is 3.99. The maximum atomic E-state index is 12.7. The summed E-state index contributed by atoms with van der Waals surface area (Å²) >= 11 is 0. The highest BCUT2D eigenvalue weighted by molar-refractivity contribution is 5.93. The standard InChI is InChI=1S/C25H28N2O3/c1-16-7-9-18(10-8-16)14-22(28)26-20-15-19-21(13-17(20)2)30-25(3,4)24(29)23(19)27-11-5-6-12-27/h5-13,15,23-24,29H,14H2,1-4H3,(H,26,28). The van der Waals surface area contributed by atoms with Crippen LogP contribution in [0.15, 0.2) is 60.9 Å². The number of benzene rings is 2. The summed E-state index contributed by atoms with van der Waals surface area (Å²) in [6.45, 7) is 7.76. The Balaban J connectivity index is 1.65. The van der Waals surface area contributed by atoms with Gasteiger partial charge in [0, 0.05) is 23.6 Å². The summed E-state index contributed by atoms with van der Waals surface area (Å²) in [6, 6.07) is 15.4. The van der Waals surface area contributed by atoms with Crippen LogP contribution in [0.25, 0.3) is 0 Å². The first-order chi connectivity index (χ1) is 14.2. The number of aryl methyl sites for hydroxylation is 2. The number of fused-ring (bicyclic) bond motifs is 1. The van der Waals surface area contributed by atoms with E-state index >= 15 is 0 Å². The van der Waals surface area contributed by atoms with Crippen LogP contribution in [0.5, 0.6) is 5.75 Å². The summed E-state index contributed by atoms with van der Waals surface area (Å²) in [5.74, 6) is 0.662. The maximum Gasteiger partial charge on any atom is 0.228 e. The van der Waals surface area contributed by atoms with Crippen LogP contribution in [-0.4, -0.2) is 27.3 Å². The van der Waals surface area contributed by atoms with Gasteiger partial charge in [-0.05, 0) is 63.1 Å². The van der Waals surface area contributed by atoms with Crippen molar-refractivity contribution in [3.63, 3.8) is 0 Å². The zero-order valence-corrected chi connectivity index (χ0v) is 17.8. The van der Waals surface area contributed by atoms with Crippen LogP contribution in [0, 0.1) is 13.8 Å². The molecule has 1 amide bonds. The van der Waals surface area contributed by atoms with E-state index in [0.29, 0.717) is 6.42 Å². The predicted octanol–water partition coefficient (Wildman–Crippen LogP) is 4.41. The molecule has 0 bridgehead atoms. The number of ether oxygens (including phenoxy) is 1. The minimum absolute atomic E-state index is 0.0722. The van der Waals surface area contributed by atoms with Crippen LogP contribution in [0.2, 0.25) is 0 Å². The second-order valence-corrected chi connectivity index (χ2v) is 8.64. The highest BCUT2D eigenvalue weighted by atomic mass is 16.5. The predicted molar refractivity (Wildman–Crippen MR) is 118 cm³/mol. The Bertz CT molecular complexity index is 1050. The van der Waals surface area contributed by atoms with Crippen molar-refractivity contribution in [1.82, 2.24) is 4.57 Å². The number of aliphatic hydroxyl groups is 1. The maximum absolute atomic E-state index is 12.7. The Hall–Kier alpha value is -3.05. The van der Waals surface area contributed by atoms with Crippen LogP contribution in [-0.2, 0) is 11.2 Å². The van der Waals surface area contributed by atoms with E-state index in [1.807, 2.05) is 93.2 Å². The molecule has 1 aliphatic rings. The average Bonchev–Trinajstić information content (AvgIpc) is 3.20. The Morgan fingerprint density at radius 1 is 1.13 bits per heavy atom. The van der Waals surface area contributed by atoms with Crippen molar-refractivity contribution in [2.24, 2.45) is 0 Å². The summed E-state index contributed by atoms with van der Waals surface area (Å²) in [7, 11) is 0. The molecule has 2 N–H and O–H groups in total. The molecule has 4 rings (SSSR count). The van der Waals surface area contributed by atoms with Crippen molar-refractivity contribution in [3.8, 4) is 5.75 Å². The van der Waals surface area contributed by atoms with E-state index in [0.717, 1.165) is 28.1 Å². The molecular formula is C25H28N2O3. The topological polar surface area (TPSA) is 63.5 Å². The number of nitrogens with one attached hydrogen (secondary N) is 1. The molecule has 2 atom stereocenters. The molecule has 0 saturated carbocycles. The van der Waals surface area contributed by atoms with Crippen molar-refractivity contribution in [2.75, 3.05) is 5.32 Å². The van der Waals surface area contributed by atoms with E-state index in [1.54, 1.807) is 0 Å². The molecule has 30 heavy (non-hydrogen) atoms. The van der Waals surface area contributed by atoms with Gasteiger partial charge in [-0.3, -0.25) is 4.79 Å². The lowest BCUT2D eigenvalue weighted by atomic mass is 9.85. The van der Waals surface area contributed by atoms with Crippen LogP contribution in [0.4, 0.5) is 5.69 Å². The summed E-state index contributed by atoms with van der Waals surface area (Å²) in [4.78, 5) is 12.7. The van der Waals surface area contributed by atoms with Gasteiger partial charge in [0.25, 0.3) is 0 Å². The highest BCUT2D eigenvalue weighted by Crippen LogP contribution is 2.44. The lowest BCUT2D eigenvalue weighted by Crippen LogP contribution is -2.50. The number of amides is 1. The van der Waals surface area contributed by atoms with Crippen molar-refractivity contribution in [2.45, 2.75) is 51.9 Å². The van der Waals surface area contributed by atoms with E-state index in [9.17, 15) is 9.90 Å². The number of aromatic nitrogens is 1. The molecular weight excluding hydrogens is 376 g/mol. The van der Waals surface area contributed by atoms with Crippen LogP contribution < -0.4 is 10.1 Å². The molecule has 0 spiro atoms. The number of anilines is 1. The SMILES string of the molecule is Cc1ccc(CC(=O)Nc2cc3c(cc2C)OC(C)(C)C(O)C3n2cccc2)cc1. The number of aliphatic hydroxyl groups excluding tert-OH is 1. The summed E-state index contributed by atoms with van der Waals surface area (Å²) in [5, 5.41) is 14.1. The lowest BCUT2D eigenvalue weighted by Gasteiger charge is -2.43. The quantitative estimate of drug-likeness (QED) is 0.677. The summed E-state index contributed by atoms with van der Waals surface area (Å²) in [5.41, 5.74) is 3.92. The lowest BCUT2D eigenvalue weighted by molar-refractivity contribution is -0.115. The van der Waals surface area contributed by atoms with Gasteiger partial charge in [-0.2, -0.15) is 0 Å². The van der Waals surface area contributed by atoms with Crippen molar-refractivity contribution in [3.05, 3.63) is 83.2 Å². The third-order valence-corrected chi connectivity index (χ3v) is 5.77. The van der Waals surface area contributed by atoms with Gasteiger partial charge < -0.3 is 19.7 Å². The first kappa shape index (κ1) is 20.2. The highest BCUT2D eigenvalue weighted by Gasteiger charge is 2.43. The third kappa shape index (κ3) is 3.85. The molecule has 0 aliphatic carbocycles. The fraction of sp³-hybridized carbons (Fsp3) is 0.320. The molecule has 0 fully saturated rings. The molecule has 156 valence electrons. The number of rotatable bonds is 4. The van der Waals surface area contributed by atoms with Gasteiger partial charge in [-0.1, -0.05) is 29.8 Å². The molecule has 2 unspecified atom stereocenters. The van der Waals surface area contributed by atoms with E-state index in [4.69, 9.17) is 4.74 Å². The van der Waals surface area contributed by atoms with Crippen molar-refractivity contribution < 1.29 is 14.6 Å². The Labute approximate surface area is 177 Å². The van der Waals surface area contributed by atoms with Crippen molar-refractivity contribution >= 4 is 11.6 Å². The monoisotopic (exact) mass is 404 g/mol. The molecule has 1 aliphatic heterocycles. The zero-order chi connectivity index (χ0) is 21.5. The number of carbonyl (C=O) groups is 1. The number of carbonyl (C=O) groups excluding carboxylic acids is 1. The van der Waals surface area contributed by atoms with E-state index < -0.39 is 11.7 Å². The minimum atomic E-state index is -0.740. The van der Waals surface area contributed by atoms with E-state index in [1.165, 1.54) is 5.56 Å². The molecule has 0 saturated heterocycles. The largest absolute Gasteiger partial charge is 0.485 e. The summed E-state index contributed by atoms with van der Waals surface area (Å²) in [6.07, 6.45) is 3.45. The van der Waals surface area contributed by atoms with E-state index in [2.05, 4.69) is 5.32 Å². The van der Waals surface area contributed by atoms with Gasteiger partial charge in [0.1, 0.15) is 17.5 Å². The molecule has 3 aromatic rings. The minimum Gasteiger partial charge on any atom is -0.485 e. The van der Waals surface area contributed by atoms with Crippen LogP contribution in [0.3, 0.4) is 0 Å². The molecule has 5 nitrogen and oxygen atoms in total. The van der Waals surface area contributed by atoms with E-state index in [-0.39, 0.29) is 11.9 Å². The first-order valence-electron chi connectivity index (χ1n) is 10.2. The van der Waals surface area contributed by atoms with Gasteiger partial charge in [0.2, 0.25) is 5.91 Å². The third-order valence-electron chi connectivity index (χ3n) is 5.77. The van der Waals surface area contributed by atoms with Gasteiger partial charge in [0.15, 0.2) is 0 Å². The zero-order valence-electron chi connectivity index (χ0n) is 17.8. The normalized spacial score (nSPS) is 19.6. The second-order valence-electron chi connectivity index (χ2n) is 8.64. The number of hydrogen-bond acceptors (Lipinski definition) is 3. The average molecular weight is 405 g/mol. The molecule has 5 heteroatoms. The molecule has 1 aromatic heterocycles. The molecule has 0 radical (unpaired) electrons. The first-order valence-corrected chi connectivity index (χ1v) is 10.2. The van der Waals surface area contributed by atoms with Gasteiger partial charge >= 0.3 is 0 Å². The number of nitrogens with zero attached hydrogens (tertiary/aromatic N) is 1. The van der Waals surface area contributed by atoms with Gasteiger partial charge in [0.05, 0.1) is 12.5 Å². The Morgan fingerprint density at radius 2 is 1.80 bits per heavy atom. The van der Waals surface area contributed by atoms with Crippen LogP contribution >= 0.6 is 0 Å².